The van der Waals surface area contributed by atoms with Crippen LogP contribution in [0.4, 0.5) is 11.5 Å². The Kier molecular flexibility index (Phi) is 4.99. The number of nitrogens with zero attached hydrogens (tertiary/aromatic N) is 2. The van der Waals surface area contributed by atoms with Crippen molar-refractivity contribution < 1.29 is 4.74 Å². The number of halogens is 2. The normalized spacial score (nSPS) is 10.3. The lowest BCUT2D eigenvalue weighted by atomic mass is 10.3. The van der Waals surface area contributed by atoms with Crippen molar-refractivity contribution in [3.63, 3.8) is 0 Å². The monoisotopic (exact) mass is 341 g/mol. The second kappa shape index (κ2) is 6.73. The Morgan fingerprint density at radius 1 is 1.26 bits per heavy atom. The first-order valence-electron chi connectivity index (χ1n) is 5.86. The van der Waals surface area contributed by atoms with Crippen LogP contribution < -0.4 is 10.1 Å². The van der Waals surface area contributed by atoms with Gasteiger partial charge in [-0.1, -0.05) is 18.5 Å². The van der Waals surface area contributed by atoms with Crippen LogP contribution >= 0.6 is 27.5 Å². The van der Waals surface area contributed by atoms with Gasteiger partial charge in [0.15, 0.2) is 0 Å². The van der Waals surface area contributed by atoms with E-state index in [1.807, 2.05) is 24.3 Å². The summed E-state index contributed by atoms with van der Waals surface area (Å²) in [5, 5.41) is 3.53. The second-order valence-electron chi connectivity index (χ2n) is 3.82. The third-order valence-corrected chi connectivity index (χ3v) is 3.60. The molecule has 0 fully saturated rings. The maximum absolute atomic E-state index is 5.90. The third-order valence-electron chi connectivity index (χ3n) is 2.34. The van der Waals surface area contributed by atoms with Gasteiger partial charge in [0, 0.05) is 5.69 Å². The van der Waals surface area contributed by atoms with Crippen molar-refractivity contribution in [1.82, 2.24) is 9.97 Å². The van der Waals surface area contributed by atoms with Crippen LogP contribution in [0.3, 0.4) is 0 Å². The van der Waals surface area contributed by atoms with Gasteiger partial charge in [-0.2, -0.15) is 0 Å². The van der Waals surface area contributed by atoms with Crippen LogP contribution in [0.5, 0.6) is 5.75 Å². The molecule has 0 aliphatic carbocycles. The number of hydrogen-bond acceptors (Lipinski definition) is 4. The van der Waals surface area contributed by atoms with Crippen LogP contribution in [0, 0.1) is 0 Å². The molecule has 0 radical (unpaired) electrons. The Labute approximate surface area is 125 Å². The maximum Gasteiger partial charge on any atom is 0.149 e. The molecule has 0 aliphatic rings. The highest BCUT2D eigenvalue weighted by Crippen LogP contribution is 2.29. The molecule has 0 aliphatic heterocycles. The molecule has 0 bridgehead atoms. The summed E-state index contributed by atoms with van der Waals surface area (Å²) in [6.07, 6.45) is 2.40. The average Bonchev–Trinajstić information content (AvgIpc) is 2.43. The molecule has 1 aromatic heterocycles. The standard InChI is InChI=1S/C13H13BrClN3O/c1-2-7-19-10-5-3-9(4-6-10)18-13-11(14)12(15)16-8-17-13/h3-6,8H,2,7H2,1H3,(H,16,17,18). The minimum Gasteiger partial charge on any atom is -0.494 e. The van der Waals surface area contributed by atoms with Crippen LogP contribution in [0.2, 0.25) is 5.15 Å². The Morgan fingerprint density at radius 3 is 2.68 bits per heavy atom. The number of anilines is 2. The first kappa shape index (κ1) is 14.1. The predicted octanol–water partition coefficient (Wildman–Crippen LogP) is 4.42. The average molecular weight is 343 g/mol. The van der Waals surface area contributed by atoms with Crippen molar-refractivity contribution in [1.29, 1.82) is 0 Å². The molecule has 0 amide bonds. The quantitative estimate of drug-likeness (QED) is 0.817. The van der Waals surface area contributed by atoms with Crippen LogP contribution in [-0.2, 0) is 0 Å². The molecule has 0 saturated heterocycles. The first-order valence-corrected chi connectivity index (χ1v) is 7.03. The zero-order chi connectivity index (χ0) is 13.7. The fraction of sp³-hybridized carbons (Fsp3) is 0.231. The summed E-state index contributed by atoms with van der Waals surface area (Å²) >= 11 is 9.25. The SMILES string of the molecule is CCCOc1ccc(Nc2ncnc(Cl)c2Br)cc1. The molecule has 0 spiro atoms. The molecule has 19 heavy (non-hydrogen) atoms. The van der Waals surface area contributed by atoms with E-state index in [4.69, 9.17) is 16.3 Å². The highest BCUT2D eigenvalue weighted by Gasteiger charge is 2.06. The van der Waals surface area contributed by atoms with Gasteiger partial charge in [-0.15, -0.1) is 0 Å². The molecule has 100 valence electrons. The van der Waals surface area contributed by atoms with Crippen LogP contribution in [0.1, 0.15) is 13.3 Å². The van der Waals surface area contributed by atoms with E-state index in [1.54, 1.807) is 0 Å². The lowest BCUT2D eigenvalue weighted by Gasteiger charge is -2.09. The lowest BCUT2D eigenvalue weighted by Crippen LogP contribution is -1.97. The molecule has 0 atom stereocenters. The summed E-state index contributed by atoms with van der Waals surface area (Å²) in [6, 6.07) is 7.67. The molecule has 2 aromatic rings. The van der Waals surface area contributed by atoms with Crippen molar-refractivity contribution >= 4 is 39.0 Å². The number of rotatable bonds is 5. The minimum atomic E-state index is 0.375. The molecule has 0 unspecified atom stereocenters. The minimum absolute atomic E-state index is 0.375. The third kappa shape index (κ3) is 3.81. The van der Waals surface area contributed by atoms with Gasteiger partial charge in [-0.3, -0.25) is 0 Å². The van der Waals surface area contributed by atoms with E-state index in [1.165, 1.54) is 6.33 Å². The van der Waals surface area contributed by atoms with E-state index in [0.29, 0.717) is 15.4 Å². The molecule has 0 saturated carbocycles. The lowest BCUT2D eigenvalue weighted by molar-refractivity contribution is 0.317. The molecule has 4 nitrogen and oxygen atoms in total. The number of hydrogen-bond donors (Lipinski definition) is 1. The summed E-state index contributed by atoms with van der Waals surface area (Å²) in [5.74, 6) is 1.48. The Bertz CT molecular complexity index is 548. The summed E-state index contributed by atoms with van der Waals surface area (Å²) < 4.78 is 6.16. The van der Waals surface area contributed by atoms with E-state index < -0.39 is 0 Å². The Balaban J connectivity index is 2.09. The molecule has 1 aromatic carbocycles. The zero-order valence-electron chi connectivity index (χ0n) is 10.4. The van der Waals surface area contributed by atoms with E-state index in [9.17, 15) is 0 Å². The molecule has 6 heteroatoms. The van der Waals surface area contributed by atoms with Crippen LogP contribution in [0.15, 0.2) is 35.1 Å². The number of benzene rings is 1. The summed E-state index contributed by atoms with van der Waals surface area (Å²) in [7, 11) is 0. The van der Waals surface area contributed by atoms with Crippen molar-refractivity contribution in [2.75, 3.05) is 11.9 Å². The fourth-order valence-electron chi connectivity index (χ4n) is 1.43. The summed E-state index contributed by atoms with van der Waals surface area (Å²) in [4.78, 5) is 8.00. The Hall–Kier alpha value is -1.33. The largest absolute Gasteiger partial charge is 0.494 e. The van der Waals surface area contributed by atoms with Gasteiger partial charge < -0.3 is 10.1 Å². The first-order chi connectivity index (χ1) is 9.20. The fourth-order valence-corrected chi connectivity index (χ4v) is 1.86. The maximum atomic E-state index is 5.90. The topological polar surface area (TPSA) is 47.0 Å². The molecular formula is C13H13BrClN3O. The van der Waals surface area contributed by atoms with Crippen molar-refractivity contribution in [3.8, 4) is 5.75 Å². The van der Waals surface area contributed by atoms with E-state index in [0.717, 1.165) is 24.5 Å². The number of aromatic nitrogens is 2. The van der Waals surface area contributed by atoms with Crippen LogP contribution in [0.25, 0.3) is 0 Å². The number of nitrogens with one attached hydrogen (secondary N) is 1. The van der Waals surface area contributed by atoms with Gasteiger partial charge in [-0.05, 0) is 46.6 Å². The van der Waals surface area contributed by atoms with Gasteiger partial charge in [-0.25, -0.2) is 9.97 Å². The molecule has 2 rings (SSSR count). The van der Waals surface area contributed by atoms with Crippen LogP contribution in [-0.4, -0.2) is 16.6 Å². The molecule has 1 N–H and O–H groups in total. The van der Waals surface area contributed by atoms with Gasteiger partial charge >= 0.3 is 0 Å². The number of ether oxygens (including phenoxy) is 1. The van der Waals surface area contributed by atoms with Gasteiger partial charge in [0.2, 0.25) is 0 Å². The summed E-state index contributed by atoms with van der Waals surface area (Å²) in [6.45, 7) is 2.80. The highest BCUT2D eigenvalue weighted by molar-refractivity contribution is 9.10. The van der Waals surface area contributed by atoms with Crippen molar-refractivity contribution in [2.24, 2.45) is 0 Å². The van der Waals surface area contributed by atoms with Gasteiger partial charge in [0.05, 0.1) is 11.1 Å². The molecule has 1 heterocycles. The molecular weight excluding hydrogens is 330 g/mol. The van der Waals surface area contributed by atoms with E-state index in [-0.39, 0.29) is 0 Å². The highest BCUT2D eigenvalue weighted by atomic mass is 79.9. The summed E-state index contributed by atoms with van der Waals surface area (Å²) in [5.41, 5.74) is 0.902. The van der Waals surface area contributed by atoms with Gasteiger partial charge in [0.25, 0.3) is 0 Å². The van der Waals surface area contributed by atoms with E-state index in [2.05, 4.69) is 38.1 Å². The van der Waals surface area contributed by atoms with Crippen molar-refractivity contribution in [3.05, 3.63) is 40.2 Å². The smallest absolute Gasteiger partial charge is 0.149 e. The Morgan fingerprint density at radius 2 is 2.00 bits per heavy atom. The van der Waals surface area contributed by atoms with Crippen molar-refractivity contribution in [2.45, 2.75) is 13.3 Å². The van der Waals surface area contributed by atoms with E-state index >= 15 is 0 Å². The second-order valence-corrected chi connectivity index (χ2v) is 4.98. The predicted molar refractivity (Wildman–Crippen MR) is 80.3 cm³/mol. The zero-order valence-corrected chi connectivity index (χ0v) is 12.7. The van der Waals surface area contributed by atoms with Gasteiger partial charge in [0.1, 0.15) is 23.0 Å².